The van der Waals surface area contributed by atoms with Crippen LogP contribution >= 0.6 is 0 Å². The molecule has 0 aromatic carbocycles. The van der Waals surface area contributed by atoms with Gasteiger partial charge < -0.3 is 13.6 Å². The molecule has 0 aliphatic heterocycles. The first-order valence-corrected chi connectivity index (χ1v) is 38.4. The minimum atomic E-state index is -1.87. The summed E-state index contributed by atoms with van der Waals surface area (Å²) in [5.41, 5.74) is -0.282. The van der Waals surface area contributed by atoms with Crippen molar-refractivity contribution in [3.05, 3.63) is 12.2 Å². The molecule has 0 bridgehead atoms. The molecule has 0 aromatic heterocycles. The molecule has 0 N–H and O–H groups in total. The summed E-state index contributed by atoms with van der Waals surface area (Å²) in [7, 11) is -3.73. The molecule has 0 atom stereocenters. The summed E-state index contributed by atoms with van der Waals surface area (Å²) in [5.74, 6) is -0.0372. The van der Waals surface area contributed by atoms with Gasteiger partial charge in [-0.2, -0.15) is 0 Å². The van der Waals surface area contributed by atoms with Gasteiger partial charge in [-0.15, -0.1) is 0 Å². The van der Waals surface area contributed by atoms with E-state index in [1.165, 1.54) is 288 Å². The predicted molar refractivity (Wildman–Crippen MR) is 319 cm³/mol. The van der Waals surface area contributed by atoms with Crippen LogP contribution in [-0.4, -0.2) is 42.4 Å². The third-order valence-electron chi connectivity index (χ3n) is 15.7. The fraction of sp³-hybridized carbons (Fsp3) is 0.953. The van der Waals surface area contributed by atoms with Crippen LogP contribution in [0.15, 0.2) is 12.2 Å². The number of esters is 1. The van der Waals surface area contributed by atoms with Crippen molar-refractivity contribution in [2.75, 3.05) is 19.8 Å². The second-order valence-corrected chi connectivity index (χ2v) is 32.7. The van der Waals surface area contributed by atoms with Gasteiger partial charge in [0.1, 0.15) is 6.61 Å². The van der Waals surface area contributed by atoms with E-state index < -0.39 is 16.6 Å². The Hall–Kier alpha value is -0.436. The average molecular weight is 1020 g/mol. The van der Waals surface area contributed by atoms with Crippen LogP contribution in [0.4, 0.5) is 0 Å². The van der Waals surface area contributed by atoms with Crippen LogP contribution in [-0.2, 0) is 18.4 Å². The molecule has 0 saturated carbocycles. The van der Waals surface area contributed by atoms with Gasteiger partial charge in [0.05, 0.1) is 0 Å². The number of unbranched alkanes of at least 4 members (excludes halogenated alkanes) is 41. The van der Waals surface area contributed by atoms with E-state index in [1.54, 1.807) is 0 Å². The zero-order valence-corrected chi connectivity index (χ0v) is 51.6. The van der Waals surface area contributed by atoms with Crippen molar-refractivity contribution >= 4 is 22.6 Å². The van der Waals surface area contributed by atoms with Crippen LogP contribution in [0.25, 0.3) is 0 Å². The molecule has 0 aliphatic carbocycles. The van der Waals surface area contributed by atoms with E-state index in [0.29, 0.717) is 26.2 Å². The van der Waals surface area contributed by atoms with Crippen molar-refractivity contribution in [3.8, 4) is 0 Å². The molecular weight excluding hydrogens is 889 g/mol. The summed E-state index contributed by atoms with van der Waals surface area (Å²) in [6.07, 6.45) is 67.6. The molecule has 0 heterocycles. The minimum Gasteiger partial charge on any atom is -0.465 e. The van der Waals surface area contributed by atoms with E-state index in [0.717, 1.165) is 19.3 Å². The molecule has 0 saturated heterocycles. The Bertz CT molecular complexity index is 1040. The Kier molecular flexibility index (Phi) is 51.7. The molecule has 0 fully saturated rings. The van der Waals surface area contributed by atoms with Crippen molar-refractivity contribution < 1.29 is 18.4 Å². The molecule has 0 spiro atoms. The molecule has 0 aromatic rings. The van der Waals surface area contributed by atoms with Gasteiger partial charge in [-0.3, -0.25) is 4.79 Å². The van der Waals surface area contributed by atoms with E-state index in [9.17, 15) is 4.79 Å². The van der Waals surface area contributed by atoms with Crippen LogP contribution < -0.4 is 0 Å². The predicted octanol–water partition coefficient (Wildman–Crippen LogP) is 22.9. The Morgan fingerprint density at radius 2 is 0.600 bits per heavy atom. The van der Waals surface area contributed by atoms with Gasteiger partial charge in [0.2, 0.25) is 0 Å². The number of carbonyl (C=O) groups is 1. The van der Waals surface area contributed by atoms with Gasteiger partial charge in [0.15, 0.2) is 16.6 Å². The molecule has 0 amide bonds. The van der Waals surface area contributed by atoms with Gasteiger partial charge in [-0.05, 0) is 76.8 Å². The number of rotatable bonds is 58. The second-order valence-electron chi connectivity index (χ2n) is 24.1. The van der Waals surface area contributed by atoms with E-state index >= 15 is 0 Å². The summed E-state index contributed by atoms with van der Waals surface area (Å²) in [6.45, 7) is 20.5. The Balaban J connectivity index is 4.75. The summed E-state index contributed by atoms with van der Waals surface area (Å²) >= 11 is 0. The number of hydrogen-bond acceptors (Lipinski definition) is 4. The van der Waals surface area contributed by atoms with E-state index in [2.05, 4.69) is 66.0 Å². The maximum Gasteiger partial charge on any atom is 0.305 e. The first-order valence-electron chi connectivity index (χ1n) is 32.1. The Morgan fingerprint density at radius 1 is 0.343 bits per heavy atom. The van der Waals surface area contributed by atoms with Crippen LogP contribution in [0.1, 0.15) is 329 Å². The highest BCUT2D eigenvalue weighted by Gasteiger charge is 2.37. The van der Waals surface area contributed by atoms with Gasteiger partial charge in [0, 0.05) is 25.0 Å². The lowest BCUT2D eigenvalue weighted by Gasteiger charge is -2.38. The van der Waals surface area contributed by atoms with Gasteiger partial charge in [0.25, 0.3) is 0 Å². The lowest BCUT2D eigenvalue weighted by molar-refractivity contribution is -0.149. The fourth-order valence-corrected chi connectivity index (χ4v) is 14.0. The molecule has 70 heavy (non-hydrogen) atoms. The summed E-state index contributed by atoms with van der Waals surface area (Å²) < 4.78 is 20.1. The highest BCUT2D eigenvalue weighted by molar-refractivity contribution is 6.71. The molecular formula is C64H130O4Si2. The number of carbonyl (C=O) groups excluding carboxylic acids is 1. The summed E-state index contributed by atoms with van der Waals surface area (Å²) in [4.78, 5) is 13.2. The van der Waals surface area contributed by atoms with Crippen molar-refractivity contribution in [1.29, 1.82) is 0 Å². The molecule has 6 heteroatoms. The molecule has 0 radical (unpaired) electrons. The van der Waals surface area contributed by atoms with Crippen LogP contribution in [0, 0.1) is 5.41 Å². The second kappa shape index (κ2) is 52.0. The van der Waals surface area contributed by atoms with E-state index in [-0.39, 0.29) is 11.4 Å². The average Bonchev–Trinajstić information content (AvgIpc) is 3.34. The maximum atomic E-state index is 13.2. The smallest absolute Gasteiger partial charge is 0.305 e. The first kappa shape index (κ1) is 69.6. The summed E-state index contributed by atoms with van der Waals surface area (Å²) in [5, 5.41) is 0. The first-order chi connectivity index (χ1) is 34.1. The minimum absolute atomic E-state index is 0.0372. The summed E-state index contributed by atoms with van der Waals surface area (Å²) in [6, 6.07) is 2.42. The van der Waals surface area contributed by atoms with E-state index in [4.69, 9.17) is 13.6 Å². The third-order valence-corrected chi connectivity index (χ3v) is 20.7. The molecule has 0 aliphatic rings. The maximum absolute atomic E-state index is 13.2. The van der Waals surface area contributed by atoms with Crippen molar-refractivity contribution in [3.63, 3.8) is 0 Å². The lowest BCUT2D eigenvalue weighted by Crippen LogP contribution is -2.45. The van der Waals surface area contributed by atoms with Gasteiger partial charge >= 0.3 is 5.97 Å². The Labute approximate surface area is 444 Å². The topological polar surface area (TPSA) is 44.8 Å². The number of ether oxygens (including phenoxy) is 1. The molecule has 0 unspecified atom stereocenters. The highest BCUT2D eigenvalue weighted by Crippen LogP contribution is 2.31. The molecule has 0 rings (SSSR count). The molecule has 418 valence electrons. The zero-order chi connectivity index (χ0) is 51.4. The SMILES string of the molecule is CCCCCCCC/C=C\CCCCCCCC(=O)OCC(CC)(CO[Si](C)(C)CCCCCCCCCCCCCCCCCC)CO[Si](C)(C)CCCCCCCCCCCCCCCCCC. The zero-order valence-electron chi connectivity index (χ0n) is 49.6. The van der Waals surface area contributed by atoms with E-state index in [1.807, 2.05) is 0 Å². The van der Waals surface area contributed by atoms with Crippen molar-refractivity contribution in [2.45, 2.75) is 368 Å². The van der Waals surface area contributed by atoms with Crippen LogP contribution in [0.3, 0.4) is 0 Å². The number of allylic oxidation sites excluding steroid dienone is 2. The number of hydrogen-bond donors (Lipinski definition) is 0. The van der Waals surface area contributed by atoms with Crippen molar-refractivity contribution in [1.82, 2.24) is 0 Å². The fourth-order valence-electron chi connectivity index (χ4n) is 10.1. The highest BCUT2D eigenvalue weighted by atomic mass is 28.4. The lowest BCUT2D eigenvalue weighted by atomic mass is 9.88. The monoisotopic (exact) mass is 1020 g/mol. The van der Waals surface area contributed by atoms with Crippen LogP contribution in [0.5, 0.6) is 0 Å². The largest absolute Gasteiger partial charge is 0.465 e. The third kappa shape index (κ3) is 49.8. The van der Waals surface area contributed by atoms with Crippen molar-refractivity contribution in [2.24, 2.45) is 5.41 Å². The normalized spacial score (nSPS) is 12.5. The van der Waals surface area contributed by atoms with Crippen LogP contribution in [0.2, 0.25) is 38.3 Å². The Morgan fingerprint density at radius 3 is 0.886 bits per heavy atom. The standard InChI is InChI=1S/C64H130O4Si2/c1-9-13-16-19-22-25-28-31-34-37-40-43-46-49-52-55-58-69(5,6)67-61-64(12-4,60-66-63(65)57-54-51-48-45-42-39-36-33-30-27-24-21-18-15-11-3)62-68-70(7,8)59-56-53-50-47-44-41-38-35-32-29-26-23-20-17-14-10-2/h33,36H,9-32,34-35,37-62H2,1-8H3/b36-33-. The van der Waals surface area contributed by atoms with Gasteiger partial charge in [-0.25, -0.2) is 0 Å². The van der Waals surface area contributed by atoms with Gasteiger partial charge in [-0.1, -0.05) is 297 Å². The molecule has 4 nitrogen and oxygen atoms in total. The quantitative estimate of drug-likeness (QED) is 0.0264.